The Morgan fingerprint density at radius 2 is 1.86 bits per heavy atom. The highest BCUT2D eigenvalue weighted by molar-refractivity contribution is 9.10. The summed E-state index contributed by atoms with van der Waals surface area (Å²) >= 11 is 3.28. The molecule has 21 heavy (non-hydrogen) atoms. The second kappa shape index (κ2) is 7.98. The summed E-state index contributed by atoms with van der Waals surface area (Å²) in [6.45, 7) is 4.95. The minimum absolute atomic E-state index is 0.0393. The van der Waals surface area contributed by atoms with Crippen LogP contribution in [0.1, 0.15) is 13.8 Å². The lowest BCUT2D eigenvalue weighted by Crippen LogP contribution is -2.38. The van der Waals surface area contributed by atoms with E-state index in [0.29, 0.717) is 16.8 Å². The summed E-state index contributed by atoms with van der Waals surface area (Å²) in [7, 11) is -0.741. The molecule has 0 radical (unpaired) electrons. The van der Waals surface area contributed by atoms with E-state index in [9.17, 15) is 8.42 Å². The van der Waals surface area contributed by atoms with Gasteiger partial charge < -0.3 is 14.8 Å². The van der Waals surface area contributed by atoms with Crippen LogP contribution in [0.3, 0.4) is 0 Å². The molecule has 0 aromatic heterocycles. The standard InChI is InChI=1S/C13H21BrN2O4S/c1-5-15-9(2)8-16-21(17,18)13-6-10(14)11(19-3)7-12(13)20-4/h6-7,9,15-16H,5,8H2,1-4H3/t9-/m1/s1. The van der Waals surface area contributed by atoms with E-state index in [1.165, 1.54) is 26.4 Å². The van der Waals surface area contributed by atoms with Crippen molar-refractivity contribution in [1.29, 1.82) is 0 Å². The molecule has 0 amide bonds. The summed E-state index contributed by atoms with van der Waals surface area (Å²) < 4.78 is 38.2. The Balaban J connectivity index is 3.05. The molecule has 1 atom stereocenters. The fourth-order valence-corrected chi connectivity index (χ4v) is 3.74. The largest absolute Gasteiger partial charge is 0.495 e. The average Bonchev–Trinajstić information content (AvgIpc) is 2.45. The van der Waals surface area contributed by atoms with E-state index in [4.69, 9.17) is 9.47 Å². The number of sulfonamides is 1. The average molecular weight is 381 g/mol. The van der Waals surface area contributed by atoms with Gasteiger partial charge in [-0.2, -0.15) is 0 Å². The number of likely N-dealkylation sites (N-methyl/N-ethyl adjacent to an activating group) is 1. The molecule has 0 fully saturated rings. The van der Waals surface area contributed by atoms with E-state index in [2.05, 4.69) is 26.0 Å². The van der Waals surface area contributed by atoms with Gasteiger partial charge in [0, 0.05) is 18.7 Å². The zero-order valence-corrected chi connectivity index (χ0v) is 15.0. The van der Waals surface area contributed by atoms with Crippen molar-refractivity contribution in [3.63, 3.8) is 0 Å². The third-order valence-corrected chi connectivity index (χ3v) is 4.92. The molecule has 1 aromatic rings. The number of rotatable bonds is 8. The van der Waals surface area contributed by atoms with Gasteiger partial charge in [-0.1, -0.05) is 6.92 Å². The van der Waals surface area contributed by atoms with Crippen LogP contribution in [0, 0.1) is 0 Å². The minimum Gasteiger partial charge on any atom is -0.495 e. The summed E-state index contributed by atoms with van der Waals surface area (Å²) in [5, 5.41) is 3.14. The van der Waals surface area contributed by atoms with Gasteiger partial charge in [0.15, 0.2) is 0 Å². The lowest BCUT2D eigenvalue weighted by Gasteiger charge is -2.16. The zero-order valence-electron chi connectivity index (χ0n) is 12.6. The predicted octanol–water partition coefficient (Wildman–Crippen LogP) is 1.74. The number of halogens is 1. The van der Waals surface area contributed by atoms with E-state index in [-0.39, 0.29) is 16.7 Å². The van der Waals surface area contributed by atoms with Crippen molar-refractivity contribution >= 4 is 26.0 Å². The van der Waals surface area contributed by atoms with E-state index in [1.54, 1.807) is 0 Å². The molecule has 2 N–H and O–H groups in total. The fraction of sp³-hybridized carbons (Fsp3) is 0.538. The molecular weight excluding hydrogens is 360 g/mol. The van der Waals surface area contributed by atoms with Gasteiger partial charge in [0.25, 0.3) is 0 Å². The number of hydrogen-bond acceptors (Lipinski definition) is 5. The van der Waals surface area contributed by atoms with Crippen molar-refractivity contribution in [2.24, 2.45) is 0 Å². The van der Waals surface area contributed by atoms with Crippen LogP contribution in [0.15, 0.2) is 21.5 Å². The quantitative estimate of drug-likeness (QED) is 0.718. The molecule has 0 spiro atoms. The van der Waals surface area contributed by atoms with Gasteiger partial charge in [0.2, 0.25) is 10.0 Å². The molecule has 0 aliphatic rings. The maximum atomic E-state index is 12.4. The Morgan fingerprint density at radius 3 is 2.38 bits per heavy atom. The van der Waals surface area contributed by atoms with Crippen LogP contribution in [0.2, 0.25) is 0 Å². The molecule has 8 heteroatoms. The molecular formula is C13H21BrN2O4S. The molecule has 120 valence electrons. The van der Waals surface area contributed by atoms with Crippen LogP contribution in [0.5, 0.6) is 11.5 Å². The summed E-state index contributed by atoms with van der Waals surface area (Å²) in [6, 6.07) is 3.04. The number of ether oxygens (including phenoxy) is 2. The topological polar surface area (TPSA) is 76.7 Å². The van der Waals surface area contributed by atoms with Crippen molar-refractivity contribution in [2.45, 2.75) is 24.8 Å². The lowest BCUT2D eigenvalue weighted by atomic mass is 10.3. The van der Waals surface area contributed by atoms with E-state index in [0.717, 1.165) is 6.54 Å². The molecule has 0 unspecified atom stereocenters. The molecule has 1 rings (SSSR count). The molecule has 0 aliphatic heterocycles. The molecule has 0 saturated heterocycles. The molecule has 0 aliphatic carbocycles. The number of hydrogen-bond donors (Lipinski definition) is 2. The maximum absolute atomic E-state index is 12.4. The highest BCUT2D eigenvalue weighted by Crippen LogP contribution is 2.35. The van der Waals surface area contributed by atoms with E-state index < -0.39 is 10.0 Å². The van der Waals surface area contributed by atoms with Gasteiger partial charge in [-0.3, -0.25) is 0 Å². The summed E-state index contributed by atoms with van der Waals surface area (Å²) in [4.78, 5) is 0.0707. The van der Waals surface area contributed by atoms with Crippen molar-refractivity contribution < 1.29 is 17.9 Å². The second-order valence-corrected chi connectivity index (χ2v) is 7.04. The van der Waals surface area contributed by atoms with Crippen LogP contribution in [-0.2, 0) is 10.0 Å². The number of benzene rings is 1. The fourth-order valence-electron chi connectivity index (χ4n) is 1.78. The normalized spacial score (nSPS) is 13.0. The molecule has 6 nitrogen and oxygen atoms in total. The first-order chi connectivity index (χ1) is 9.85. The summed E-state index contributed by atoms with van der Waals surface area (Å²) in [5.41, 5.74) is 0. The van der Waals surface area contributed by atoms with Crippen molar-refractivity contribution in [3.05, 3.63) is 16.6 Å². The van der Waals surface area contributed by atoms with E-state index in [1.807, 2.05) is 13.8 Å². The van der Waals surface area contributed by atoms with E-state index >= 15 is 0 Å². The third-order valence-electron chi connectivity index (χ3n) is 2.86. The van der Waals surface area contributed by atoms with Gasteiger partial charge in [0.1, 0.15) is 16.4 Å². The Morgan fingerprint density at radius 1 is 1.24 bits per heavy atom. The Hall–Kier alpha value is -0.830. The first kappa shape index (κ1) is 18.2. The smallest absolute Gasteiger partial charge is 0.244 e. The first-order valence-corrected chi connectivity index (χ1v) is 8.77. The van der Waals surface area contributed by atoms with Gasteiger partial charge in [-0.15, -0.1) is 0 Å². The Kier molecular flexibility index (Phi) is 6.92. The number of nitrogens with one attached hydrogen (secondary N) is 2. The Labute approximate surface area is 134 Å². The van der Waals surface area contributed by atoms with Crippen LogP contribution in [-0.4, -0.2) is 41.8 Å². The predicted molar refractivity (Wildman–Crippen MR) is 85.6 cm³/mol. The monoisotopic (exact) mass is 380 g/mol. The SMILES string of the molecule is CCN[C@H](C)CNS(=O)(=O)c1cc(Br)c(OC)cc1OC. The maximum Gasteiger partial charge on any atom is 0.244 e. The highest BCUT2D eigenvalue weighted by Gasteiger charge is 2.22. The van der Waals surface area contributed by atoms with Crippen LogP contribution in [0.4, 0.5) is 0 Å². The highest BCUT2D eigenvalue weighted by atomic mass is 79.9. The third kappa shape index (κ3) is 4.84. The Bertz CT molecular complexity index is 578. The first-order valence-electron chi connectivity index (χ1n) is 6.50. The van der Waals surface area contributed by atoms with Gasteiger partial charge >= 0.3 is 0 Å². The van der Waals surface area contributed by atoms with Crippen LogP contribution in [0.25, 0.3) is 0 Å². The minimum atomic E-state index is -3.66. The summed E-state index contributed by atoms with van der Waals surface area (Å²) in [5.74, 6) is 0.741. The van der Waals surface area contributed by atoms with Crippen molar-refractivity contribution in [2.75, 3.05) is 27.3 Å². The molecule has 0 heterocycles. The van der Waals surface area contributed by atoms with Crippen LogP contribution < -0.4 is 19.5 Å². The van der Waals surface area contributed by atoms with Gasteiger partial charge in [-0.25, -0.2) is 13.1 Å². The number of methoxy groups -OCH3 is 2. The molecule has 0 bridgehead atoms. The van der Waals surface area contributed by atoms with Crippen molar-refractivity contribution in [1.82, 2.24) is 10.0 Å². The van der Waals surface area contributed by atoms with Gasteiger partial charge in [-0.05, 0) is 35.5 Å². The lowest BCUT2D eigenvalue weighted by molar-refractivity contribution is 0.384. The van der Waals surface area contributed by atoms with Crippen molar-refractivity contribution in [3.8, 4) is 11.5 Å². The second-order valence-electron chi connectivity index (χ2n) is 4.45. The van der Waals surface area contributed by atoms with Crippen LogP contribution >= 0.6 is 15.9 Å². The molecule has 0 saturated carbocycles. The molecule has 1 aromatic carbocycles. The van der Waals surface area contributed by atoms with Gasteiger partial charge in [0.05, 0.1) is 18.7 Å². The zero-order chi connectivity index (χ0) is 16.0. The summed E-state index contributed by atoms with van der Waals surface area (Å²) in [6.07, 6.45) is 0.